The maximum atomic E-state index is 11.7. The molecule has 0 aromatic rings. The van der Waals surface area contributed by atoms with Crippen molar-refractivity contribution in [3.8, 4) is 0 Å². The molecule has 0 amide bonds. The van der Waals surface area contributed by atoms with Crippen LogP contribution in [0.2, 0.25) is 0 Å². The Labute approximate surface area is 118 Å². The van der Waals surface area contributed by atoms with E-state index in [1.807, 2.05) is 6.92 Å². The average molecular weight is 269 g/mol. The Morgan fingerprint density at radius 2 is 1.79 bits per heavy atom. The topological polar surface area (TPSA) is 38.3 Å². The van der Waals surface area contributed by atoms with Crippen LogP contribution in [0, 0.1) is 0 Å². The molecule has 0 fully saturated rings. The quantitative estimate of drug-likeness (QED) is 0.314. The van der Waals surface area contributed by atoms with Crippen LogP contribution in [-0.2, 0) is 9.53 Å². The summed E-state index contributed by atoms with van der Waals surface area (Å²) in [5.74, 6) is -0.129. The predicted molar refractivity (Wildman–Crippen MR) is 81.2 cm³/mol. The molecule has 0 aromatic carbocycles. The lowest BCUT2D eigenvalue weighted by molar-refractivity contribution is -0.145. The normalized spacial score (nSPS) is 12.1. The number of carbonyl (C=O) groups is 1. The van der Waals surface area contributed by atoms with Gasteiger partial charge in [0, 0.05) is 6.54 Å². The fourth-order valence-electron chi connectivity index (χ4n) is 2.08. The van der Waals surface area contributed by atoms with Crippen molar-refractivity contribution >= 4 is 5.97 Å². The highest BCUT2D eigenvalue weighted by Crippen LogP contribution is 2.10. The predicted octanol–water partition coefficient (Wildman–Crippen LogP) is 3.83. The standard InChI is InChI=1S/C16H31NO2/c1-4-7-8-9-10-11-12-13-15(17-14-5-2)16(18)19-6-3/h5,15,17H,2,4,6-14H2,1,3H3. The van der Waals surface area contributed by atoms with E-state index in [4.69, 9.17) is 4.74 Å². The van der Waals surface area contributed by atoms with E-state index in [0.29, 0.717) is 13.2 Å². The third kappa shape index (κ3) is 10.8. The molecule has 0 saturated carbocycles. The minimum atomic E-state index is -0.173. The Balaban J connectivity index is 3.72. The summed E-state index contributed by atoms with van der Waals surface area (Å²) >= 11 is 0. The SMILES string of the molecule is C=CCNC(CCCCCCCCC)C(=O)OCC. The second-order valence-corrected chi connectivity index (χ2v) is 4.91. The van der Waals surface area contributed by atoms with Gasteiger partial charge in [-0.05, 0) is 13.3 Å². The first-order chi connectivity index (χ1) is 9.26. The van der Waals surface area contributed by atoms with E-state index in [2.05, 4.69) is 18.8 Å². The van der Waals surface area contributed by atoms with Crippen LogP contribution < -0.4 is 5.32 Å². The van der Waals surface area contributed by atoms with Crippen LogP contribution in [-0.4, -0.2) is 25.2 Å². The van der Waals surface area contributed by atoms with Crippen molar-refractivity contribution in [1.29, 1.82) is 0 Å². The molecule has 0 spiro atoms. The Hall–Kier alpha value is -0.830. The van der Waals surface area contributed by atoms with Gasteiger partial charge >= 0.3 is 5.97 Å². The van der Waals surface area contributed by atoms with Crippen LogP contribution in [0.1, 0.15) is 65.2 Å². The number of hydrogen-bond acceptors (Lipinski definition) is 3. The van der Waals surface area contributed by atoms with Crippen molar-refractivity contribution < 1.29 is 9.53 Å². The Morgan fingerprint density at radius 3 is 2.37 bits per heavy atom. The fraction of sp³-hybridized carbons (Fsp3) is 0.812. The van der Waals surface area contributed by atoms with Crippen LogP contribution in [0.25, 0.3) is 0 Å². The number of nitrogens with one attached hydrogen (secondary N) is 1. The van der Waals surface area contributed by atoms with E-state index in [1.54, 1.807) is 6.08 Å². The van der Waals surface area contributed by atoms with Gasteiger partial charge < -0.3 is 10.1 Å². The van der Waals surface area contributed by atoms with Gasteiger partial charge in [0.25, 0.3) is 0 Å². The second-order valence-electron chi connectivity index (χ2n) is 4.91. The molecule has 3 heteroatoms. The lowest BCUT2D eigenvalue weighted by Gasteiger charge is -2.16. The molecule has 3 nitrogen and oxygen atoms in total. The summed E-state index contributed by atoms with van der Waals surface area (Å²) in [4.78, 5) is 11.7. The maximum Gasteiger partial charge on any atom is 0.323 e. The molecular weight excluding hydrogens is 238 g/mol. The molecule has 0 radical (unpaired) electrons. The third-order valence-electron chi connectivity index (χ3n) is 3.18. The molecule has 1 N–H and O–H groups in total. The zero-order chi connectivity index (χ0) is 14.3. The number of ether oxygens (including phenoxy) is 1. The number of esters is 1. The van der Waals surface area contributed by atoms with Crippen LogP contribution in [0.3, 0.4) is 0 Å². The van der Waals surface area contributed by atoms with E-state index < -0.39 is 0 Å². The third-order valence-corrected chi connectivity index (χ3v) is 3.18. The molecule has 19 heavy (non-hydrogen) atoms. The van der Waals surface area contributed by atoms with Gasteiger partial charge in [-0.15, -0.1) is 6.58 Å². The van der Waals surface area contributed by atoms with Gasteiger partial charge in [0.2, 0.25) is 0 Å². The van der Waals surface area contributed by atoms with Gasteiger partial charge in [0.15, 0.2) is 0 Å². The van der Waals surface area contributed by atoms with E-state index in [1.165, 1.54) is 38.5 Å². The summed E-state index contributed by atoms with van der Waals surface area (Å²) in [5.41, 5.74) is 0. The van der Waals surface area contributed by atoms with Crippen LogP contribution in [0.15, 0.2) is 12.7 Å². The van der Waals surface area contributed by atoms with Crippen LogP contribution in [0.5, 0.6) is 0 Å². The lowest BCUT2D eigenvalue weighted by atomic mass is 10.1. The average Bonchev–Trinajstić information content (AvgIpc) is 2.41. The van der Waals surface area contributed by atoms with Crippen molar-refractivity contribution in [1.82, 2.24) is 5.32 Å². The van der Waals surface area contributed by atoms with E-state index in [9.17, 15) is 4.79 Å². The smallest absolute Gasteiger partial charge is 0.323 e. The first kappa shape index (κ1) is 18.2. The maximum absolute atomic E-state index is 11.7. The fourth-order valence-corrected chi connectivity index (χ4v) is 2.08. The molecule has 0 aliphatic heterocycles. The summed E-state index contributed by atoms with van der Waals surface area (Å²) in [7, 11) is 0. The number of carbonyl (C=O) groups excluding carboxylic acids is 1. The second kappa shape index (κ2) is 13.6. The first-order valence-electron chi connectivity index (χ1n) is 7.77. The summed E-state index contributed by atoms with van der Waals surface area (Å²) in [6, 6.07) is -0.173. The van der Waals surface area contributed by atoms with Gasteiger partial charge in [0.05, 0.1) is 6.61 Å². The van der Waals surface area contributed by atoms with Crippen LogP contribution >= 0.6 is 0 Å². The number of hydrogen-bond donors (Lipinski definition) is 1. The molecule has 1 atom stereocenters. The Bertz CT molecular complexity index is 229. The van der Waals surface area contributed by atoms with Crippen molar-refractivity contribution in [2.24, 2.45) is 0 Å². The first-order valence-corrected chi connectivity index (χ1v) is 7.77. The summed E-state index contributed by atoms with van der Waals surface area (Å²) in [6.45, 7) is 8.84. The van der Waals surface area contributed by atoms with Crippen LogP contribution in [0.4, 0.5) is 0 Å². The van der Waals surface area contributed by atoms with E-state index in [-0.39, 0.29) is 12.0 Å². The lowest BCUT2D eigenvalue weighted by Crippen LogP contribution is -2.38. The minimum Gasteiger partial charge on any atom is -0.465 e. The molecule has 112 valence electrons. The molecule has 0 aliphatic rings. The monoisotopic (exact) mass is 269 g/mol. The van der Waals surface area contributed by atoms with Crippen molar-refractivity contribution in [3.63, 3.8) is 0 Å². The molecular formula is C16H31NO2. The van der Waals surface area contributed by atoms with E-state index >= 15 is 0 Å². The molecule has 0 rings (SSSR count). The summed E-state index contributed by atoms with van der Waals surface area (Å²) < 4.78 is 5.08. The molecule has 0 aliphatic carbocycles. The summed E-state index contributed by atoms with van der Waals surface area (Å²) in [5, 5.41) is 3.17. The Morgan fingerprint density at radius 1 is 1.16 bits per heavy atom. The zero-order valence-corrected chi connectivity index (χ0v) is 12.7. The molecule has 0 heterocycles. The van der Waals surface area contributed by atoms with Crippen molar-refractivity contribution in [2.45, 2.75) is 71.3 Å². The highest BCUT2D eigenvalue weighted by Gasteiger charge is 2.17. The highest BCUT2D eigenvalue weighted by molar-refractivity contribution is 5.75. The van der Waals surface area contributed by atoms with Gasteiger partial charge in [0.1, 0.15) is 6.04 Å². The largest absolute Gasteiger partial charge is 0.465 e. The minimum absolute atomic E-state index is 0.129. The van der Waals surface area contributed by atoms with Crippen molar-refractivity contribution in [3.05, 3.63) is 12.7 Å². The van der Waals surface area contributed by atoms with Gasteiger partial charge in [-0.1, -0.05) is 57.9 Å². The number of rotatable bonds is 13. The molecule has 0 saturated heterocycles. The Kier molecular flexibility index (Phi) is 13.0. The number of unbranched alkanes of at least 4 members (excludes halogenated alkanes) is 6. The molecule has 0 aromatic heterocycles. The van der Waals surface area contributed by atoms with Gasteiger partial charge in [-0.25, -0.2) is 0 Å². The van der Waals surface area contributed by atoms with Gasteiger partial charge in [-0.2, -0.15) is 0 Å². The molecule has 0 bridgehead atoms. The summed E-state index contributed by atoms with van der Waals surface area (Å²) in [6.07, 6.45) is 11.5. The van der Waals surface area contributed by atoms with Crippen molar-refractivity contribution in [2.75, 3.05) is 13.2 Å². The molecule has 1 unspecified atom stereocenters. The zero-order valence-electron chi connectivity index (χ0n) is 12.7. The van der Waals surface area contributed by atoms with E-state index in [0.717, 1.165) is 12.8 Å². The van der Waals surface area contributed by atoms with Gasteiger partial charge in [-0.3, -0.25) is 4.79 Å². The highest BCUT2D eigenvalue weighted by atomic mass is 16.5.